The van der Waals surface area contributed by atoms with Gasteiger partial charge in [-0.25, -0.2) is 0 Å². The third kappa shape index (κ3) is 4.62. The maximum atomic E-state index is 12.7. The number of aromatic nitrogens is 2. The second kappa shape index (κ2) is 9.14. The first-order valence-electron chi connectivity index (χ1n) is 9.83. The second-order valence-corrected chi connectivity index (χ2v) is 7.20. The lowest BCUT2D eigenvalue weighted by Crippen LogP contribution is -2.46. The molecule has 1 fully saturated rings. The molecule has 1 aromatic heterocycles. The zero-order valence-electron chi connectivity index (χ0n) is 16.1. The summed E-state index contributed by atoms with van der Waals surface area (Å²) in [4.78, 5) is 17.4. The van der Waals surface area contributed by atoms with Crippen LogP contribution in [0.4, 0.5) is 0 Å². The summed E-state index contributed by atoms with van der Waals surface area (Å²) in [6, 6.07) is 8.03. The number of nitrogens with zero attached hydrogens (tertiary/aromatic N) is 4. The van der Waals surface area contributed by atoms with Crippen LogP contribution in [-0.2, 0) is 6.54 Å². The number of likely N-dealkylation sites (N-methyl/N-ethyl adjacent to an activating group) is 1. The number of carbonyl (C=O) groups is 1. The fourth-order valence-corrected chi connectivity index (χ4v) is 3.46. The van der Waals surface area contributed by atoms with Crippen molar-refractivity contribution in [1.82, 2.24) is 24.9 Å². The molecule has 1 amide bonds. The van der Waals surface area contributed by atoms with Crippen molar-refractivity contribution < 1.29 is 4.79 Å². The Morgan fingerprint density at radius 3 is 2.65 bits per heavy atom. The third-order valence-electron chi connectivity index (χ3n) is 5.16. The predicted octanol–water partition coefficient (Wildman–Crippen LogP) is 2.20. The van der Waals surface area contributed by atoms with Crippen LogP contribution in [0.2, 0.25) is 0 Å². The Morgan fingerprint density at radius 1 is 1.12 bits per heavy atom. The number of carbonyl (C=O) groups excluding carboxylic acids is 1. The molecule has 0 bridgehead atoms. The van der Waals surface area contributed by atoms with Crippen LogP contribution in [0.15, 0.2) is 24.3 Å². The van der Waals surface area contributed by atoms with E-state index in [0.717, 1.165) is 56.6 Å². The minimum absolute atomic E-state index is 0.0652. The maximum absolute atomic E-state index is 12.7. The second-order valence-electron chi connectivity index (χ2n) is 7.20. The molecule has 3 rings (SSSR count). The Bertz CT molecular complexity index is 718. The molecule has 1 aromatic carbocycles. The van der Waals surface area contributed by atoms with Gasteiger partial charge in [0.25, 0.3) is 5.91 Å². The van der Waals surface area contributed by atoms with E-state index in [0.29, 0.717) is 12.2 Å². The van der Waals surface area contributed by atoms with Gasteiger partial charge in [-0.2, -0.15) is 5.10 Å². The first-order chi connectivity index (χ1) is 12.7. The smallest absolute Gasteiger partial charge is 0.272 e. The van der Waals surface area contributed by atoms with Crippen LogP contribution in [0.1, 0.15) is 36.7 Å². The van der Waals surface area contributed by atoms with E-state index >= 15 is 0 Å². The van der Waals surface area contributed by atoms with Crippen molar-refractivity contribution in [3.05, 3.63) is 30.0 Å². The molecule has 2 heterocycles. The highest BCUT2D eigenvalue weighted by atomic mass is 16.1. The van der Waals surface area contributed by atoms with Crippen molar-refractivity contribution >= 4 is 16.8 Å². The Hall–Kier alpha value is -1.92. The van der Waals surface area contributed by atoms with Crippen LogP contribution in [0.5, 0.6) is 0 Å². The van der Waals surface area contributed by atoms with E-state index in [1.165, 1.54) is 12.8 Å². The molecule has 2 aromatic rings. The molecule has 1 N–H and O–H groups in total. The van der Waals surface area contributed by atoms with Gasteiger partial charge in [-0.05, 0) is 19.5 Å². The van der Waals surface area contributed by atoms with Crippen LogP contribution in [0.3, 0.4) is 0 Å². The molecule has 0 aliphatic carbocycles. The van der Waals surface area contributed by atoms with E-state index in [9.17, 15) is 4.79 Å². The SMILES string of the molecule is CCCCCn1nc(C(=O)NCCN2CCN(C)CC2)c2ccccc21. The minimum atomic E-state index is -0.0652. The number of amides is 1. The first-order valence-corrected chi connectivity index (χ1v) is 9.83. The van der Waals surface area contributed by atoms with Crippen LogP contribution in [0.25, 0.3) is 10.9 Å². The van der Waals surface area contributed by atoms with Crippen molar-refractivity contribution in [3.8, 4) is 0 Å². The van der Waals surface area contributed by atoms with E-state index < -0.39 is 0 Å². The quantitative estimate of drug-likeness (QED) is 0.736. The number of hydrogen-bond donors (Lipinski definition) is 1. The van der Waals surface area contributed by atoms with Gasteiger partial charge in [0.05, 0.1) is 5.52 Å². The minimum Gasteiger partial charge on any atom is -0.349 e. The standard InChI is InChI=1S/C20H31N5O/c1-3-4-7-11-25-18-9-6-5-8-17(18)19(22-25)20(26)21-10-12-24-15-13-23(2)14-16-24/h5-6,8-9H,3-4,7,10-16H2,1-2H3,(H,21,26). The molecule has 0 saturated carbocycles. The molecule has 0 radical (unpaired) electrons. The molecule has 1 aliphatic rings. The summed E-state index contributed by atoms with van der Waals surface area (Å²) in [7, 11) is 2.15. The summed E-state index contributed by atoms with van der Waals surface area (Å²) in [6.07, 6.45) is 3.45. The van der Waals surface area contributed by atoms with Crippen LogP contribution in [0, 0.1) is 0 Å². The summed E-state index contributed by atoms with van der Waals surface area (Å²) in [5.74, 6) is -0.0652. The zero-order chi connectivity index (χ0) is 18.4. The third-order valence-corrected chi connectivity index (χ3v) is 5.16. The lowest BCUT2D eigenvalue weighted by atomic mass is 10.2. The number of para-hydroxylation sites is 1. The Labute approximate surface area is 156 Å². The molecular weight excluding hydrogens is 326 g/mol. The van der Waals surface area contributed by atoms with Crippen molar-refractivity contribution in [2.24, 2.45) is 0 Å². The summed E-state index contributed by atoms with van der Waals surface area (Å²) in [5.41, 5.74) is 1.60. The summed E-state index contributed by atoms with van der Waals surface area (Å²) in [5, 5.41) is 8.63. The van der Waals surface area contributed by atoms with Gasteiger partial charge in [0, 0.05) is 51.2 Å². The molecule has 0 atom stereocenters. The first kappa shape index (κ1) is 18.9. The van der Waals surface area contributed by atoms with Gasteiger partial charge in [-0.1, -0.05) is 38.0 Å². The number of fused-ring (bicyclic) bond motifs is 1. The number of rotatable bonds is 8. The molecule has 142 valence electrons. The van der Waals surface area contributed by atoms with Crippen LogP contribution >= 0.6 is 0 Å². The number of hydrogen-bond acceptors (Lipinski definition) is 4. The summed E-state index contributed by atoms with van der Waals surface area (Å²) in [6.45, 7) is 8.96. The average molecular weight is 358 g/mol. The Morgan fingerprint density at radius 2 is 1.88 bits per heavy atom. The van der Waals surface area contributed by atoms with Crippen molar-refractivity contribution in [3.63, 3.8) is 0 Å². The lowest BCUT2D eigenvalue weighted by Gasteiger charge is -2.32. The number of nitrogens with one attached hydrogen (secondary N) is 1. The molecule has 6 heteroatoms. The van der Waals surface area contributed by atoms with Crippen molar-refractivity contribution in [2.45, 2.75) is 32.7 Å². The average Bonchev–Trinajstić information content (AvgIpc) is 3.03. The van der Waals surface area contributed by atoms with E-state index in [4.69, 9.17) is 0 Å². The van der Waals surface area contributed by atoms with Gasteiger partial charge in [0.15, 0.2) is 5.69 Å². The number of unbranched alkanes of at least 4 members (excludes halogenated alkanes) is 2. The summed E-state index contributed by atoms with van der Waals surface area (Å²) < 4.78 is 1.99. The molecule has 26 heavy (non-hydrogen) atoms. The van der Waals surface area contributed by atoms with Gasteiger partial charge in [-0.15, -0.1) is 0 Å². The van der Waals surface area contributed by atoms with E-state index in [1.54, 1.807) is 0 Å². The molecule has 0 spiro atoms. The highest BCUT2D eigenvalue weighted by Gasteiger charge is 2.18. The van der Waals surface area contributed by atoms with Crippen molar-refractivity contribution in [2.75, 3.05) is 46.3 Å². The van der Waals surface area contributed by atoms with Gasteiger partial charge >= 0.3 is 0 Å². The highest BCUT2D eigenvalue weighted by molar-refractivity contribution is 6.04. The number of piperazine rings is 1. The maximum Gasteiger partial charge on any atom is 0.272 e. The molecule has 1 saturated heterocycles. The van der Waals surface area contributed by atoms with Gasteiger partial charge < -0.3 is 10.2 Å². The van der Waals surface area contributed by atoms with Gasteiger partial charge in [-0.3, -0.25) is 14.4 Å². The highest BCUT2D eigenvalue weighted by Crippen LogP contribution is 2.19. The molecule has 6 nitrogen and oxygen atoms in total. The normalized spacial score (nSPS) is 16.2. The molecular formula is C20H31N5O. The van der Waals surface area contributed by atoms with E-state index in [1.807, 2.05) is 22.9 Å². The van der Waals surface area contributed by atoms with Crippen LogP contribution < -0.4 is 5.32 Å². The number of aryl methyl sites for hydroxylation is 1. The Kier molecular flexibility index (Phi) is 6.63. The molecule has 1 aliphatic heterocycles. The van der Waals surface area contributed by atoms with E-state index in [2.05, 4.69) is 40.3 Å². The zero-order valence-corrected chi connectivity index (χ0v) is 16.1. The topological polar surface area (TPSA) is 53.4 Å². The van der Waals surface area contributed by atoms with Gasteiger partial charge in [0.2, 0.25) is 0 Å². The lowest BCUT2D eigenvalue weighted by molar-refractivity contribution is 0.0936. The fraction of sp³-hybridized carbons (Fsp3) is 0.600. The van der Waals surface area contributed by atoms with Crippen LogP contribution in [-0.4, -0.2) is 71.8 Å². The number of benzene rings is 1. The molecule has 0 unspecified atom stereocenters. The van der Waals surface area contributed by atoms with E-state index in [-0.39, 0.29) is 5.91 Å². The largest absolute Gasteiger partial charge is 0.349 e. The van der Waals surface area contributed by atoms with Crippen molar-refractivity contribution in [1.29, 1.82) is 0 Å². The monoisotopic (exact) mass is 357 g/mol. The fourth-order valence-electron chi connectivity index (χ4n) is 3.46. The predicted molar refractivity (Wildman–Crippen MR) is 106 cm³/mol. The summed E-state index contributed by atoms with van der Waals surface area (Å²) >= 11 is 0. The Balaban J connectivity index is 1.60. The van der Waals surface area contributed by atoms with Gasteiger partial charge in [0.1, 0.15) is 0 Å².